The van der Waals surface area contributed by atoms with Gasteiger partial charge < -0.3 is 20.6 Å². The molecule has 1 unspecified atom stereocenters. The average Bonchev–Trinajstić information content (AvgIpc) is 2.26. The van der Waals surface area contributed by atoms with E-state index in [9.17, 15) is 18.8 Å². The fourth-order valence-electron chi connectivity index (χ4n) is 1.30. The van der Waals surface area contributed by atoms with E-state index in [1.54, 1.807) is 0 Å². The van der Waals surface area contributed by atoms with E-state index in [-0.39, 0.29) is 0 Å². The van der Waals surface area contributed by atoms with Gasteiger partial charge in [0.2, 0.25) is 0 Å². The fourth-order valence-corrected chi connectivity index (χ4v) is 1.30. The van der Waals surface area contributed by atoms with Crippen LogP contribution in [0.1, 0.15) is 16.8 Å². The highest BCUT2D eigenvalue weighted by molar-refractivity contribution is 5.97. The molecule has 1 rings (SSSR count). The van der Waals surface area contributed by atoms with Gasteiger partial charge in [0.05, 0.1) is 12.0 Å². The number of phenols is 1. The van der Waals surface area contributed by atoms with Crippen LogP contribution in [-0.2, 0) is 9.59 Å². The Labute approximate surface area is 106 Å². The second-order valence-corrected chi connectivity index (χ2v) is 3.63. The maximum Gasteiger partial charge on any atom is 0.326 e. The largest absolute Gasteiger partial charge is 0.508 e. The molecular formula is C11H10FNO6. The molecule has 0 aliphatic rings. The van der Waals surface area contributed by atoms with Crippen LogP contribution in [0.15, 0.2) is 18.2 Å². The highest BCUT2D eigenvalue weighted by Crippen LogP contribution is 2.15. The van der Waals surface area contributed by atoms with Crippen molar-refractivity contribution < 1.29 is 34.1 Å². The van der Waals surface area contributed by atoms with Crippen LogP contribution >= 0.6 is 0 Å². The molecule has 1 aromatic rings. The molecule has 0 saturated carbocycles. The Kier molecular flexibility index (Phi) is 4.41. The lowest BCUT2D eigenvalue weighted by Crippen LogP contribution is -2.42. The summed E-state index contributed by atoms with van der Waals surface area (Å²) in [6.45, 7) is 0. The van der Waals surface area contributed by atoms with Gasteiger partial charge in [-0.1, -0.05) is 0 Å². The zero-order chi connectivity index (χ0) is 14.6. The lowest BCUT2D eigenvalue weighted by molar-refractivity contribution is -0.145. The van der Waals surface area contributed by atoms with E-state index in [1.165, 1.54) is 0 Å². The van der Waals surface area contributed by atoms with E-state index >= 15 is 0 Å². The first-order valence-electron chi connectivity index (χ1n) is 5.05. The molecule has 4 N–H and O–H groups in total. The maximum atomic E-state index is 13.3. The number of aliphatic carboxylic acids is 2. The number of benzene rings is 1. The monoisotopic (exact) mass is 271 g/mol. The zero-order valence-corrected chi connectivity index (χ0v) is 9.46. The molecule has 0 heterocycles. The first-order chi connectivity index (χ1) is 8.81. The zero-order valence-electron chi connectivity index (χ0n) is 9.46. The van der Waals surface area contributed by atoms with Crippen molar-refractivity contribution in [2.24, 2.45) is 0 Å². The molecule has 0 saturated heterocycles. The van der Waals surface area contributed by atoms with E-state index in [2.05, 4.69) is 0 Å². The first-order valence-corrected chi connectivity index (χ1v) is 5.05. The SMILES string of the molecule is O=C(O)CC(NC(=O)c1ccc(O)cc1F)C(=O)O. The minimum atomic E-state index is -1.67. The molecule has 1 aromatic carbocycles. The van der Waals surface area contributed by atoms with Crippen LogP contribution in [0.2, 0.25) is 0 Å². The van der Waals surface area contributed by atoms with Crippen molar-refractivity contribution in [1.29, 1.82) is 0 Å². The van der Waals surface area contributed by atoms with E-state index < -0.39 is 47.4 Å². The summed E-state index contributed by atoms with van der Waals surface area (Å²) in [5.41, 5.74) is -0.491. The highest BCUT2D eigenvalue weighted by Gasteiger charge is 2.24. The standard InChI is InChI=1S/C11H10FNO6/c12-7-3-5(14)1-2-6(7)10(17)13-8(11(18)19)4-9(15)16/h1-3,8,14H,4H2,(H,13,17)(H,15,16)(H,18,19). The third-order valence-electron chi connectivity index (χ3n) is 2.18. The summed E-state index contributed by atoms with van der Waals surface area (Å²) in [6, 6.07) is 1.02. The number of hydrogen-bond donors (Lipinski definition) is 4. The van der Waals surface area contributed by atoms with Gasteiger partial charge >= 0.3 is 11.9 Å². The van der Waals surface area contributed by atoms with Crippen LogP contribution in [-0.4, -0.2) is 39.2 Å². The van der Waals surface area contributed by atoms with Crippen LogP contribution in [0.3, 0.4) is 0 Å². The number of aromatic hydroxyl groups is 1. The molecule has 0 bridgehead atoms. The second-order valence-electron chi connectivity index (χ2n) is 3.63. The van der Waals surface area contributed by atoms with E-state index in [0.29, 0.717) is 6.07 Å². The smallest absolute Gasteiger partial charge is 0.326 e. The van der Waals surface area contributed by atoms with Crippen LogP contribution < -0.4 is 5.32 Å². The molecule has 0 radical (unpaired) electrons. The topological polar surface area (TPSA) is 124 Å². The average molecular weight is 271 g/mol. The van der Waals surface area contributed by atoms with Gasteiger partial charge in [-0.3, -0.25) is 9.59 Å². The molecule has 0 fully saturated rings. The number of halogens is 1. The molecule has 1 amide bonds. The normalized spacial score (nSPS) is 11.6. The van der Waals surface area contributed by atoms with Gasteiger partial charge in [0.25, 0.3) is 5.91 Å². The van der Waals surface area contributed by atoms with Crippen molar-refractivity contribution in [3.05, 3.63) is 29.6 Å². The van der Waals surface area contributed by atoms with Crippen LogP contribution in [0.25, 0.3) is 0 Å². The predicted molar refractivity (Wildman–Crippen MR) is 59.2 cm³/mol. The van der Waals surface area contributed by atoms with Gasteiger partial charge in [-0.15, -0.1) is 0 Å². The molecule has 0 aliphatic carbocycles. The molecule has 0 aromatic heterocycles. The molecule has 1 atom stereocenters. The molecule has 7 nitrogen and oxygen atoms in total. The molecule has 0 spiro atoms. The van der Waals surface area contributed by atoms with E-state index in [1.807, 2.05) is 5.32 Å². The van der Waals surface area contributed by atoms with Gasteiger partial charge in [0, 0.05) is 6.07 Å². The van der Waals surface area contributed by atoms with E-state index in [4.69, 9.17) is 15.3 Å². The Morgan fingerprint density at radius 2 is 1.89 bits per heavy atom. The van der Waals surface area contributed by atoms with Crippen molar-refractivity contribution in [1.82, 2.24) is 5.32 Å². The molecule has 0 aliphatic heterocycles. The number of carboxylic acids is 2. The van der Waals surface area contributed by atoms with Gasteiger partial charge in [0.15, 0.2) is 0 Å². The third kappa shape index (κ3) is 3.95. The summed E-state index contributed by atoms with van der Waals surface area (Å²) >= 11 is 0. The van der Waals surface area contributed by atoms with Crippen molar-refractivity contribution in [3.8, 4) is 5.75 Å². The maximum absolute atomic E-state index is 13.3. The number of carboxylic acid groups (broad SMARTS) is 2. The van der Waals surface area contributed by atoms with E-state index in [0.717, 1.165) is 12.1 Å². The Hall–Kier alpha value is -2.64. The summed E-state index contributed by atoms with van der Waals surface area (Å²) < 4.78 is 13.3. The summed E-state index contributed by atoms with van der Waals surface area (Å²) in [5.74, 6) is -5.48. The second kappa shape index (κ2) is 5.80. The van der Waals surface area contributed by atoms with Crippen molar-refractivity contribution >= 4 is 17.8 Å². The lowest BCUT2D eigenvalue weighted by atomic mass is 10.1. The van der Waals surface area contributed by atoms with Gasteiger partial charge in [-0.05, 0) is 12.1 Å². The molecule has 102 valence electrons. The minimum Gasteiger partial charge on any atom is -0.508 e. The predicted octanol–water partition coefficient (Wildman–Crippen LogP) is 0.189. The number of nitrogens with one attached hydrogen (secondary N) is 1. The Morgan fingerprint density at radius 1 is 1.26 bits per heavy atom. The fraction of sp³-hybridized carbons (Fsp3) is 0.182. The van der Waals surface area contributed by atoms with Crippen LogP contribution in [0.5, 0.6) is 5.75 Å². The van der Waals surface area contributed by atoms with Gasteiger partial charge in [-0.25, -0.2) is 9.18 Å². The van der Waals surface area contributed by atoms with Crippen molar-refractivity contribution in [2.75, 3.05) is 0 Å². The molecule has 19 heavy (non-hydrogen) atoms. The van der Waals surface area contributed by atoms with Crippen LogP contribution in [0.4, 0.5) is 4.39 Å². The molecule has 8 heteroatoms. The summed E-state index contributed by atoms with van der Waals surface area (Å²) in [7, 11) is 0. The summed E-state index contributed by atoms with van der Waals surface area (Å²) in [4.78, 5) is 32.7. The third-order valence-corrected chi connectivity index (χ3v) is 2.18. The molecular weight excluding hydrogens is 261 g/mol. The quantitative estimate of drug-likeness (QED) is 0.606. The Morgan fingerprint density at radius 3 is 2.37 bits per heavy atom. The summed E-state index contributed by atoms with van der Waals surface area (Å²) in [5, 5.41) is 28.1. The number of hydrogen-bond acceptors (Lipinski definition) is 4. The lowest BCUT2D eigenvalue weighted by Gasteiger charge is -2.12. The first kappa shape index (κ1) is 14.4. The number of amides is 1. The Bertz CT molecular complexity index is 530. The van der Waals surface area contributed by atoms with Crippen LogP contribution in [0, 0.1) is 5.82 Å². The number of phenolic OH excluding ortho intramolecular Hbond substituents is 1. The number of carbonyl (C=O) groups is 3. The minimum absolute atomic E-state index is 0.394. The highest BCUT2D eigenvalue weighted by atomic mass is 19.1. The van der Waals surface area contributed by atoms with Crippen molar-refractivity contribution in [2.45, 2.75) is 12.5 Å². The number of rotatable bonds is 5. The Balaban J connectivity index is 2.87. The van der Waals surface area contributed by atoms with Crippen molar-refractivity contribution in [3.63, 3.8) is 0 Å². The number of carbonyl (C=O) groups excluding carboxylic acids is 1. The summed E-state index contributed by atoms with van der Waals surface area (Å²) in [6.07, 6.45) is -0.833. The van der Waals surface area contributed by atoms with Gasteiger partial charge in [-0.2, -0.15) is 0 Å². The van der Waals surface area contributed by atoms with Gasteiger partial charge in [0.1, 0.15) is 17.6 Å².